The minimum atomic E-state index is -5.55. The van der Waals surface area contributed by atoms with Gasteiger partial charge in [-0.05, 0) is 62.7 Å². The van der Waals surface area contributed by atoms with Crippen molar-refractivity contribution in [1.82, 2.24) is 0 Å². The predicted octanol–water partition coefficient (Wildman–Crippen LogP) is 4.58. The minimum Gasteiger partial charge on any atom is -0.459 e. The van der Waals surface area contributed by atoms with Crippen LogP contribution in [0.5, 0.6) is 0 Å². The molecule has 0 aromatic heterocycles. The molecule has 0 amide bonds. The molecule has 0 aromatic rings. The first-order valence-electron chi connectivity index (χ1n) is 11.2. The van der Waals surface area contributed by atoms with Crippen LogP contribution in [-0.2, 0) is 24.4 Å². The standard InChI is InChI=1S/C21H34F2O6S/c1-2-3-4-5-6-19(24)29-18(13-28-14-21(22,23)30(25,26)27)20-10-15-7-16(11-20)9-17(8-15)12-20/h15-18H,2-14H2,1H3,(H,25,26,27). The number of rotatable bonds is 12. The van der Waals surface area contributed by atoms with Gasteiger partial charge >= 0.3 is 21.3 Å². The number of alkyl halides is 2. The van der Waals surface area contributed by atoms with E-state index < -0.39 is 28.1 Å². The number of ether oxygens (including phenoxy) is 2. The fourth-order valence-electron chi connectivity index (χ4n) is 6.18. The van der Waals surface area contributed by atoms with Gasteiger partial charge in [-0.2, -0.15) is 17.2 Å². The van der Waals surface area contributed by atoms with Crippen LogP contribution in [0.25, 0.3) is 0 Å². The summed E-state index contributed by atoms with van der Waals surface area (Å²) in [5.74, 6) is 1.36. The van der Waals surface area contributed by atoms with E-state index in [1.165, 1.54) is 19.3 Å². The monoisotopic (exact) mass is 452 g/mol. The Kier molecular flexibility index (Phi) is 7.45. The van der Waals surface area contributed by atoms with E-state index in [1.54, 1.807) is 0 Å². The van der Waals surface area contributed by atoms with Crippen LogP contribution in [0.15, 0.2) is 0 Å². The topological polar surface area (TPSA) is 89.9 Å². The van der Waals surface area contributed by atoms with Crippen molar-refractivity contribution in [2.24, 2.45) is 23.2 Å². The smallest absolute Gasteiger partial charge is 0.392 e. The first-order chi connectivity index (χ1) is 14.0. The second-order valence-corrected chi connectivity index (χ2v) is 11.2. The fraction of sp³-hybridized carbons (Fsp3) is 0.952. The quantitative estimate of drug-likeness (QED) is 0.265. The summed E-state index contributed by atoms with van der Waals surface area (Å²) in [4.78, 5) is 12.5. The van der Waals surface area contributed by atoms with Gasteiger partial charge in [-0.1, -0.05) is 26.2 Å². The molecule has 0 saturated heterocycles. The maximum Gasteiger partial charge on any atom is 0.392 e. The number of carbonyl (C=O) groups is 1. The van der Waals surface area contributed by atoms with Gasteiger partial charge in [0.25, 0.3) is 0 Å². The highest BCUT2D eigenvalue weighted by Gasteiger charge is 2.56. The van der Waals surface area contributed by atoms with Gasteiger partial charge in [0.1, 0.15) is 12.7 Å². The van der Waals surface area contributed by atoms with Gasteiger partial charge in [0, 0.05) is 11.8 Å². The number of carbonyl (C=O) groups excluding carboxylic acids is 1. The van der Waals surface area contributed by atoms with E-state index in [9.17, 15) is 22.0 Å². The highest BCUT2D eigenvalue weighted by molar-refractivity contribution is 7.86. The van der Waals surface area contributed by atoms with Crippen molar-refractivity contribution in [3.63, 3.8) is 0 Å². The maximum atomic E-state index is 13.6. The molecular weight excluding hydrogens is 418 g/mol. The molecule has 4 aliphatic carbocycles. The van der Waals surface area contributed by atoms with Crippen molar-refractivity contribution in [3.8, 4) is 0 Å². The molecule has 1 unspecified atom stereocenters. The summed E-state index contributed by atoms with van der Waals surface area (Å²) in [6.45, 7) is 0.349. The largest absolute Gasteiger partial charge is 0.459 e. The van der Waals surface area contributed by atoms with Gasteiger partial charge in [-0.15, -0.1) is 0 Å². The molecule has 4 bridgehead atoms. The molecule has 4 rings (SSSR count). The summed E-state index contributed by atoms with van der Waals surface area (Å²) in [6.07, 6.45) is 9.59. The molecule has 6 nitrogen and oxygen atoms in total. The van der Waals surface area contributed by atoms with Gasteiger partial charge in [-0.25, -0.2) is 0 Å². The Balaban J connectivity index is 1.65. The minimum absolute atomic E-state index is 0.277. The normalized spacial score (nSPS) is 31.7. The summed E-state index contributed by atoms with van der Waals surface area (Å²) in [5, 5.41) is -4.39. The molecule has 174 valence electrons. The van der Waals surface area contributed by atoms with Crippen LogP contribution >= 0.6 is 0 Å². The molecule has 9 heteroatoms. The Morgan fingerprint density at radius 2 is 1.67 bits per heavy atom. The second kappa shape index (κ2) is 9.36. The fourth-order valence-corrected chi connectivity index (χ4v) is 6.41. The van der Waals surface area contributed by atoms with Gasteiger partial charge in [0.2, 0.25) is 0 Å². The van der Waals surface area contributed by atoms with E-state index in [-0.39, 0.29) is 24.4 Å². The summed E-state index contributed by atoms with van der Waals surface area (Å²) >= 11 is 0. The molecule has 4 saturated carbocycles. The van der Waals surface area contributed by atoms with Crippen LogP contribution in [0, 0.1) is 23.2 Å². The van der Waals surface area contributed by atoms with Crippen molar-refractivity contribution in [3.05, 3.63) is 0 Å². The van der Waals surface area contributed by atoms with E-state index in [1.807, 2.05) is 0 Å². The van der Waals surface area contributed by atoms with E-state index in [4.69, 9.17) is 14.0 Å². The van der Waals surface area contributed by atoms with E-state index in [0.717, 1.165) is 44.9 Å². The van der Waals surface area contributed by atoms with Gasteiger partial charge in [0.05, 0.1) is 6.61 Å². The molecule has 1 atom stereocenters. The first kappa shape index (κ1) is 23.9. The Morgan fingerprint density at radius 3 is 2.17 bits per heavy atom. The molecule has 0 aliphatic heterocycles. The van der Waals surface area contributed by atoms with Crippen LogP contribution in [-0.4, -0.2) is 43.5 Å². The van der Waals surface area contributed by atoms with E-state index >= 15 is 0 Å². The van der Waals surface area contributed by atoms with E-state index in [2.05, 4.69) is 6.92 Å². The summed E-state index contributed by atoms with van der Waals surface area (Å²) < 4.78 is 68.4. The number of hydrogen-bond acceptors (Lipinski definition) is 5. The molecule has 30 heavy (non-hydrogen) atoms. The van der Waals surface area contributed by atoms with Crippen LogP contribution in [0.4, 0.5) is 8.78 Å². The molecule has 0 radical (unpaired) electrons. The third kappa shape index (κ3) is 5.51. The Labute approximate surface area is 177 Å². The van der Waals surface area contributed by atoms with Crippen LogP contribution in [0.3, 0.4) is 0 Å². The van der Waals surface area contributed by atoms with Crippen LogP contribution in [0.2, 0.25) is 0 Å². The number of unbranched alkanes of at least 4 members (excludes halogenated alkanes) is 3. The molecule has 0 heterocycles. The molecule has 0 spiro atoms. The first-order valence-corrected chi connectivity index (χ1v) is 12.6. The third-order valence-electron chi connectivity index (χ3n) is 7.19. The molecule has 4 fully saturated rings. The lowest BCUT2D eigenvalue weighted by atomic mass is 9.48. The predicted molar refractivity (Wildman–Crippen MR) is 107 cm³/mol. The zero-order valence-corrected chi connectivity index (χ0v) is 18.5. The van der Waals surface area contributed by atoms with Gasteiger partial charge in [-0.3, -0.25) is 9.35 Å². The van der Waals surface area contributed by atoms with Crippen LogP contribution in [0.1, 0.15) is 77.6 Å². The van der Waals surface area contributed by atoms with Crippen molar-refractivity contribution in [2.75, 3.05) is 13.2 Å². The highest BCUT2D eigenvalue weighted by atomic mass is 32.2. The summed E-state index contributed by atoms with van der Waals surface area (Å²) in [7, 11) is -5.55. The third-order valence-corrected chi connectivity index (χ3v) is 8.07. The van der Waals surface area contributed by atoms with Gasteiger partial charge < -0.3 is 9.47 Å². The average Bonchev–Trinajstić information content (AvgIpc) is 2.62. The average molecular weight is 453 g/mol. The Hall–Kier alpha value is -0.800. The lowest BCUT2D eigenvalue weighted by Crippen LogP contribution is -2.54. The number of hydrogen-bond donors (Lipinski definition) is 1. The second-order valence-electron chi connectivity index (χ2n) is 9.70. The lowest BCUT2D eigenvalue weighted by molar-refractivity contribution is -0.185. The number of halogens is 2. The number of esters is 1. The summed E-state index contributed by atoms with van der Waals surface area (Å²) in [5.41, 5.74) is -0.277. The zero-order valence-electron chi connectivity index (χ0n) is 17.7. The Morgan fingerprint density at radius 1 is 1.10 bits per heavy atom. The van der Waals surface area contributed by atoms with E-state index in [0.29, 0.717) is 17.8 Å². The molecular formula is C21H34F2O6S. The van der Waals surface area contributed by atoms with Crippen molar-refractivity contribution >= 4 is 16.1 Å². The maximum absolute atomic E-state index is 13.6. The van der Waals surface area contributed by atoms with Crippen molar-refractivity contribution in [2.45, 2.75) is 88.9 Å². The Bertz CT molecular complexity index is 673. The SMILES string of the molecule is CCCCCCC(=O)OC(COCC(F)(F)S(=O)(=O)O)C12CC3CC(CC(C3)C1)C2. The van der Waals surface area contributed by atoms with Crippen LogP contribution < -0.4 is 0 Å². The van der Waals surface area contributed by atoms with Crippen molar-refractivity contribution < 1.29 is 36.0 Å². The highest BCUT2D eigenvalue weighted by Crippen LogP contribution is 2.61. The summed E-state index contributed by atoms with van der Waals surface area (Å²) in [6, 6.07) is 0. The van der Waals surface area contributed by atoms with Crippen molar-refractivity contribution in [1.29, 1.82) is 0 Å². The lowest BCUT2D eigenvalue weighted by Gasteiger charge is -2.58. The molecule has 0 aromatic carbocycles. The van der Waals surface area contributed by atoms with Gasteiger partial charge in [0.15, 0.2) is 0 Å². The molecule has 4 aliphatic rings. The zero-order chi connectivity index (χ0) is 22.0. The molecule has 1 N–H and O–H groups in total.